The molecule has 0 radical (unpaired) electrons. The Morgan fingerprint density at radius 3 is 2.55 bits per heavy atom. The molecule has 0 fully saturated rings. The van der Waals surface area contributed by atoms with E-state index >= 15 is 0 Å². The van der Waals surface area contributed by atoms with Gasteiger partial charge in [-0.3, -0.25) is 0 Å². The summed E-state index contributed by atoms with van der Waals surface area (Å²) < 4.78 is 5.42. The van der Waals surface area contributed by atoms with Crippen molar-refractivity contribution >= 4 is 12.0 Å². The Bertz CT molecular complexity index is 420. The normalized spacial score (nSPS) is 12.5. The second kappa shape index (κ2) is 9.18. The second-order valence-corrected chi connectivity index (χ2v) is 4.89. The van der Waals surface area contributed by atoms with Crippen LogP contribution in [-0.4, -0.2) is 17.2 Å². The van der Waals surface area contributed by atoms with Crippen LogP contribution in [0.3, 0.4) is 0 Å². The molecule has 0 aliphatic rings. The van der Waals surface area contributed by atoms with E-state index in [0.29, 0.717) is 0 Å². The molecule has 0 spiro atoms. The van der Waals surface area contributed by atoms with E-state index in [1.54, 1.807) is 30.3 Å². The fraction of sp³-hybridized carbons (Fsp3) is 0.471. The largest absolute Gasteiger partial charge is 0.508 e. The minimum Gasteiger partial charge on any atom is -0.508 e. The third-order valence-electron chi connectivity index (χ3n) is 3.17. The number of ether oxygens (including phenoxy) is 1. The lowest BCUT2D eigenvalue weighted by atomic mass is 10.1. The van der Waals surface area contributed by atoms with Gasteiger partial charge in [0.15, 0.2) is 0 Å². The highest BCUT2D eigenvalue weighted by Gasteiger charge is 2.09. The molecule has 0 saturated heterocycles. The maximum absolute atomic E-state index is 11.7. The van der Waals surface area contributed by atoms with E-state index in [1.807, 2.05) is 6.92 Å². The number of benzene rings is 1. The summed E-state index contributed by atoms with van der Waals surface area (Å²) in [6.07, 6.45) is 8.38. The molecule has 0 aliphatic carbocycles. The zero-order valence-corrected chi connectivity index (χ0v) is 12.3. The minimum absolute atomic E-state index is 0.0125. The van der Waals surface area contributed by atoms with Gasteiger partial charge in [0.05, 0.1) is 0 Å². The Kier molecular flexibility index (Phi) is 7.48. The van der Waals surface area contributed by atoms with Gasteiger partial charge in [0.25, 0.3) is 0 Å². The van der Waals surface area contributed by atoms with Crippen LogP contribution in [0.15, 0.2) is 30.3 Å². The van der Waals surface area contributed by atoms with Crippen molar-refractivity contribution in [2.45, 2.75) is 52.1 Å². The highest BCUT2D eigenvalue weighted by molar-refractivity contribution is 5.87. The van der Waals surface area contributed by atoms with E-state index in [0.717, 1.165) is 24.8 Å². The number of carbonyl (C=O) groups excluding carboxylic acids is 1. The number of aromatic hydroxyl groups is 1. The molecule has 0 aromatic heterocycles. The van der Waals surface area contributed by atoms with Crippen molar-refractivity contribution in [3.8, 4) is 5.75 Å². The zero-order chi connectivity index (χ0) is 14.8. The predicted octanol–water partition coefficient (Wildman–Crippen LogP) is 4.31. The van der Waals surface area contributed by atoms with Crippen LogP contribution >= 0.6 is 0 Å². The summed E-state index contributed by atoms with van der Waals surface area (Å²) in [7, 11) is 0. The van der Waals surface area contributed by atoms with Crippen molar-refractivity contribution in [1.82, 2.24) is 0 Å². The van der Waals surface area contributed by atoms with Crippen LogP contribution in [0.25, 0.3) is 6.08 Å². The molecule has 1 aromatic carbocycles. The highest BCUT2D eigenvalue weighted by atomic mass is 16.5. The summed E-state index contributed by atoms with van der Waals surface area (Å²) >= 11 is 0. The molecule has 0 aliphatic heterocycles. The Hall–Kier alpha value is -1.77. The molecule has 0 bridgehead atoms. The van der Waals surface area contributed by atoms with Gasteiger partial charge in [0.1, 0.15) is 11.9 Å². The zero-order valence-electron chi connectivity index (χ0n) is 12.3. The van der Waals surface area contributed by atoms with Gasteiger partial charge in [-0.25, -0.2) is 4.79 Å². The molecular weight excluding hydrogens is 252 g/mol. The lowest BCUT2D eigenvalue weighted by Gasteiger charge is -2.14. The van der Waals surface area contributed by atoms with E-state index in [4.69, 9.17) is 4.74 Å². The minimum atomic E-state index is -0.304. The van der Waals surface area contributed by atoms with Crippen molar-refractivity contribution in [3.63, 3.8) is 0 Å². The summed E-state index contributed by atoms with van der Waals surface area (Å²) in [5.74, 6) is -0.0897. The first-order valence-electron chi connectivity index (χ1n) is 7.33. The third kappa shape index (κ3) is 6.41. The Balaban J connectivity index is 2.42. The van der Waals surface area contributed by atoms with Crippen LogP contribution in [0.4, 0.5) is 0 Å². The molecule has 1 atom stereocenters. The first-order chi connectivity index (χ1) is 9.65. The fourth-order valence-corrected chi connectivity index (χ4v) is 1.92. The van der Waals surface area contributed by atoms with Gasteiger partial charge in [0.2, 0.25) is 0 Å². The topological polar surface area (TPSA) is 46.5 Å². The molecule has 1 N–H and O–H groups in total. The molecule has 3 nitrogen and oxygen atoms in total. The molecule has 1 aromatic rings. The number of hydrogen-bond acceptors (Lipinski definition) is 3. The monoisotopic (exact) mass is 276 g/mol. The maximum Gasteiger partial charge on any atom is 0.331 e. The van der Waals surface area contributed by atoms with E-state index < -0.39 is 0 Å². The van der Waals surface area contributed by atoms with Gasteiger partial charge >= 0.3 is 5.97 Å². The van der Waals surface area contributed by atoms with E-state index in [2.05, 4.69) is 6.92 Å². The summed E-state index contributed by atoms with van der Waals surface area (Å²) in [5, 5.41) is 9.17. The lowest BCUT2D eigenvalue weighted by Crippen LogP contribution is -2.15. The Morgan fingerprint density at radius 1 is 1.25 bits per heavy atom. The summed E-state index contributed by atoms with van der Waals surface area (Å²) in [6.45, 7) is 4.20. The number of esters is 1. The molecule has 1 unspecified atom stereocenters. The maximum atomic E-state index is 11.7. The number of carbonyl (C=O) groups is 1. The van der Waals surface area contributed by atoms with Gasteiger partial charge in [-0.1, -0.05) is 38.8 Å². The van der Waals surface area contributed by atoms with Crippen LogP contribution in [0, 0.1) is 0 Å². The number of unbranched alkanes of at least 4 members (excludes halogenated alkanes) is 2. The first-order valence-corrected chi connectivity index (χ1v) is 7.33. The van der Waals surface area contributed by atoms with Crippen molar-refractivity contribution in [3.05, 3.63) is 35.9 Å². The summed E-state index contributed by atoms with van der Waals surface area (Å²) in [6, 6.07) is 6.67. The second-order valence-electron chi connectivity index (χ2n) is 4.89. The smallest absolute Gasteiger partial charge is 0.331 e. The quantitative estimate of drug-likeness (QED) is 0.437. The van der Waals surface area contributed by atoms with Gasteiger partial charge in [0, 0.05) is 6.08 Å². The summed E-state index contributed by atoms with van der Waals surface area (Å²) in [4.78, 5) is 11.7. The predicted molar refractivity (Wildman–Crippen MR) is 81.5 cm³/mol. The van der Waals surface area contributed by atoms with Crippen LogP contribution in [0.5, 0.6) is 5.75 Å². The molecular formula is C17H24O3. The standard InChI is InChI=1S/C17H24O3/c1-3-5-6-7-16(4-2)20-17(19)13-10-14-8-11-15(18)12-9-14/h8-13,16,18H,3-7H2,1-2H3. The van der Waals surface area contributed by atoms with Crippen molar-refractivity contribution in [2.24, 2.45) is 0 Å². The van der Waals surface area contributed by atoms with Crippen molar-refractivity contribution in [2.75, 3.05) is 0 Å². The van der Waals surface area contributed by atoms with Gasteiger partial charge < -0.3 is 9.84 Å². The van der Waals surface area contributed by atoms with Crippen molar-refractivity contribution in [1.29, 1.82) is 0 Å². The third-order valence-corrected chi connectivity index (χ3v) is 3.17. The molecule has 0 amide bonds. The molecule has 1 rings (SSSR count). The highest BCUT2D eigenvalue weighted by Crippen LogP contribution is 2.12. The first kappa shape index (κ1) is 16.3. The van der Waals surface area contributed by atoms with E-state index in [-0.39, 0.29) is 17.8 Å². The average molecular weight is 276 g/mol. The SMILES string of the molecule is CCCCCC(CC)OC(=O)C=Cc1ccc(O)cc1. The summed E-state index contributed by atoms with van der Waals surface area (Å²) in [5.41, 5.74) is 0.860. The lowest BCUT2D eigenvalue weighted by molar-refractivity contribution is -0.143. The fourth-order valence-electron chi connectivity index (χ4n) is 1.92. The number of rotatable bonds is 8. The average Bonchev–Trinajstić information content (AvgIpc) is 2.46. The van der Waals surface area contributed by atoms with Gasteiger partial charge in [-0.05, 0) is 43.0 Å². The number of hydrogen-bond donors (Lipinski definition) is 1. The van der Waals surface area contributed by atoms with E-state index in [9.17, 15) is 9.90 Å². The van der Waals surface area contributed by atoms with Crippen LogP contribution in [-0.2, 0) is 9.53 Å². The van der Waals surface area contributed by atoms with Crippen LogP contribution in [0.2, 0.25) is 0 Å². The molecule has 20 heavy (non-hydrogen) atoms. The van der Waals surface area contributed by atoms with E-state index in [1.165, 1.54) is 18.9 Å². The number of phenolic OH excluding ortho intramolecular Hbond substituents is 1. The molecule has 110 valence electrons. The van der Waals surface area contributed by atoms with Crippen molar-refractivity contribution < 1.29 is 14.6 Å². The van der Waals surface area contributed by atoms with Crippen LogP contribution in [0.1, 0.15) is 51.5 Å². The van der Waals surface area contributed by atoms with Gasteiger partial charge in [-0.2, -0.15) is 0 Å². The molecule has 3 heteroatoms. The number of phenols is 1. The Labute approximate surface area is 121 Å². The van der Waals surface area contributed by atoms with Gasteiger partial charge in [-0.15, -0.1) is 0 Å². The molecule has 0 heterocycles. The Morgan fingerprint density at radius 2 is 1.95 bits per heavy atom. The van der Waals surface area contributed by atoms with Crippen LogP contribution < -0.4 is 0 Å². The molecule has 0 saturated carbocycles.